The summed E-state index contributed by atoms with van der Waals surface area (Å²) in [7, 11) is -1.42. The van der Waals surface area contributed by atoms with E-state index in [2.05, 4.69) is 42.8 Å². The Bertz CT molecular complexity index is 1250. The Morgan fingerprint density at radius 1 is 0.806 bits per heavy atom. The third-order valence-corrected chi connectivity index (χ3v) is 7.63. The van der Waals surface area contributed by atoms with E-state index in [9.17, 15) is 13.2 Å². The molecule has 3 aromatic carbocycles. The molecule has 3 rings (SSSR count). The van der Waals surface area contributed by atoms with Gasteiger partial charge in [0.05, 0.1) is 16.4 Å². The summed E-state index contributed by atoms with van der Waals surface area (Å²) in [5.41, 5.74) is 3.16. The number of carbonyl (C=O) groups excluding carboxylic acids is 1. The van der Waals surface area contributed by atoms with Gasteiger partial charge in [-0.2, -0.15) is 0 Å². The fraction of sp³-hybridized carbons (Fsp3) is 0.233. The highest BCUT2D eigenvalue weighted by atomic mass is 32.2. The van der Waals surface area contributed by atoms with E-state index < -0.39 is 9.84 Å². The number of esters is 1. The maximum atomic E-state index is 12.7. The van der Waals surface area contributed by atoms with Gasteiger partial charge in [0.1, 0.15) is 0 Å². The van der Waals surface area contributed by atoms with Crippen molar-refractivity contribution < 1.29 is 17.9 Å². The van der Waals surface area contributed by atoms with E-state index in [0.29, 0.717) is 11.5 Å². The van der Waals surface area contributed by atoms with Crippen molar-refractivity contribution in [3.63, 3.8) is 0 Å². The molecule has 0 unspecified atom stereocenters. The van der Waals surface area contributed by atoms with Gasteiger partial charge in [-0.25, -0.2) is 13.2 Å². The molecule has 0 spiro atoms. The lowest BCUT2D eigenvalue weighted by Gasteiger charge is -2.19. The zero-order valence-electron chi connectivity index (χ0n) is 20.7. The van der Waals surface area contributed by atoms with Gasteiger partial charge in [-0.1, -0.05) is 67.6 Å². The average molecular weight is 504 g/mol. The van der Waals surface area contributed by atoms with Crippen LogP contribution >= 0.6 is 0 Å². The molecule has 0 aromatic heterocycles. The van der Waals surface area contributed by atoms with Gasteiger partial charge in [-0.15, -0.1) is 0 Å². The molecule has 5 nitrogen and oxygen atoms in total. The molecule has 0 aliphatic carbocycles. The van der Waals surface area contributed by atoms with Gasteiger partial charge in [-0.3, -0.25) is 0 Å². The van der Waals surface area contributed by atoms with Crippen LogP contribution in [-0.2, 0) is 19.4 Å². The van der Waals surface area contributed by atoms with Gasteiger partial charge in [0, 0.05) is 25.4 Å². The van der Waals surface area contributed by atoms with Gasteiger partial charge in [-0.05, 0) is 66.8 Å². The third-order valence-electron chi connectivity index (χ3n) is 5.84. The zero-order valence-corrected chi connectivity index (χ0v) is 21.5. The van der Waals surface area contributed by atoms with E-state index in [-0.39, 0.29) is 10.9 Å². The second-order valence-corrected chi connectivity index (χ2v) is 10.5. The van der Waals surface area contributed by atoms with Crippen molar-refractivity contribution in [2.24, 2.45) is 0 Å². The maximum absolute atomic E-state index is 12.7. The Kier molecular flexibility index (Phi) is 10.1. The predicted molar refractivity (Wildman–Crippen MR) is 147 cm³/mol. The van der Waals surface area contributed by atoms with Gasteiger partial charge < -0.3 is 9.64 Å². The van der Waals surface area contributed by atoms with Crippen LogP contribution in [0.25, 0.3) is 12.2 Å². The van der Waals surface area contributed by atoms with Crippen molar-refractivity contribution in [3.8, 4) is 0 Å². The van der Waals surface area contributed by atoms with E-state index in [0.717, 1.165) is 49.0 Å². The van der Waals surface area contributed by atoms with E-state index in [1.54, 1.807) is 42.5 Å². The van der Waals surface area contributed by atoms with Crippen LogP contribution in [0.1, 0.15) is 36.8 Å². The lowest BCUT2D eigenvalue weighted by atomic mass is 10.1. The zero-order chi connectivity index (χ0) is 25.8. The van der Waals surface area contributed by atoms with Crippen molar-refractivity contribution >= 4 is 33.6 Å². The molecule has 0 N–H and O–H groups in total. The molecule has 0 aliphatic rings. The molecule has 0 saturated heterocycles. The first-order valence-corrected chi connectivity index (χ1v) is 13.6. The van der Waals surface area contributed by atoms with Crippen LogP contribution in [-0.4, -0.2) is 34.6 Å². The van der Waals surface area contributed by atoms with E-state index >= 15 is 0 Å². The molecular formula is C30H33NO4S. The number of ether oxygens (including phenoxy) is 1. The number of nitrogens with zero attached hydrogens (tertiary/aromatic N) is 1. The van der Waals surface area contributed by atoms with Gasteiger partial charge in [0.2, 0.25) is 9.84 Å². The number of sulfone groups is 1. The van der Waals surface area contributed by atoms with Crippen molar-refractivity contribution in [2.75, 3.05) is 25.1 Å². The molecular weight excluding hydrogens is 470 g/mol. The van der Waals surface area contributed by atoms with Crippen molar-refractivity contribution in [2.45, 2.75) is 35.5 Å². The molecule has 0 saturated carbocycles. The Labute approximate surface area is 214 Å². The van der Waals surface area contributed by atoms with Gasteiger partial charge >= 0.3 is 5.97 Å². The highest BCUT2D eigenvalue weighted by Crippen LogP contribution is 2.22. The van der Waals surface area contributed by atoms with E-state index in [4.69, 9.17) is 4.74 Å². The topological polar surface area (TPSA) is 63.7 Å². The molecule has 0 atom stereocenters. The SMILES string of the molecule is C=CC(=O)OCCCCCCN(C)c1ccc(C=Cc2ccc(S(=O)(=O)c3ccccc3)cc2)cc1. The second-order valence-electron chi connectivity index (χ2n) is 8.52. The summed E-state index contributed by atoms with van der Waals surface area (Å²) in [6.45, 7) is 4.79. The minimum absolute atomic E-state index is 0.286. The number of unbranched alkanes of at least 4 members (excludes halogenated alkanes) is 3. The standard InChI is InChI=1S/C30H33NO4S/c1-3-30(32)35-24-10-5-4-9-23-31(2)27-19-15-25(16-20-27)13-14-26-17-21-29(22-18-26)36(33,34)28-11-7-6-8-12-28/h3,6-8,11-22H,1,4-5,9-10,23-24H2,2H3. The summed E-state index contributed by atoms with van der Waals surface area (Å²) >= 11 is 0. The van der Waals surface area contributed by atoms with E-state index in [1.807, 2.05) is 24.3 Å². The van der Waals surface area contributed by atoms with E-state index in [1.165, 1.54) is 6.08 Å². The molecule has 0 bridgehead atoms. The molecule has 0 heterocycles. The number of benzene rings is 3. The Morgan fingerprint density at radius 3 is 1.97 bits per heavy atom. The normalized spacial score (nSPS) is 11.4. The molecule has 36 heavy (non-hydrogen) atoms. The Balaban J connectivity index is 1.47. The smallest absolute Gasteiger partial charge is 0.330 e. The van der Waals surface area contributed by atoms with Gasteiger partial charge in [0.15, 0.2) is 0 Å². The first-order chi connectivity index (χ1) is 17.4. The summed E-state index contributed by atoms with van der Waals surface area (Å²) in [6, 6.07) is 23.7. The Hall–Kier alpha value is -3.64. The first-order valence-electron chi connectivity index (χ1n) is 12.1. The monoisotopic (exact) mass is 503 g/mol. The van der Waals surface area contributed by atoms with Crippen molar-refractivity contribution in [3.05, 3.63) is 103 Å². The third kappa shape index (κ3) is 7.95. The molecule has 3 aromatic rings. The van der Waals surface area contributed by atoms with Crippen LogP contribution in [0, 0.1) is 0 Å². The van der Waals surface area contributed by atoms with Crippen LogP contribution in [0.5, 0.6) is 0 Å². The molecule has 0 fully saturated rings. The summed E-state index contributed by atoms with van der Waals surface area (Å²) < 4.78 is 30.4. The maximum Gasteiger partial charge on any atom is 0.330 e. The van der Waals surface area contributed by atoms with Crippen LogP contribution in [0.2, 0.25) is 0 Å². The predicted octanol–water partition coefficient (Wildman–Crippen LogP) is 6.42. The lowest BCUT2D eigenvalue weighted by molar-refractivity contribution is -0.137. The number of hydrogen-bond acceptors (Lipinski definition) is 5. The number of hydrogen-bond donors (Lipinski definition) is 0. The fourth-order valence-electron chi connectivity index (χ4n) is 3.69. The first kappa shape index (κ1) is 27.0. The minimum atomic E-state index is -3.50. The summed E-state index contributed by atoms with van der Waals surface area (Å²) in [4.78, 5) is 13.8. The highest BCUT2D eigenvalue weighted by molar-refractivity contribution is 7.91. The minimum Gasteiger partial charge on any atom is -0.463 e. The lowest BCUT2D eigenvalue weighted by Crippen LogP contribution is -2.18. The summed E-state index contributed by atoms with van der Waals surface area (Å²) in [6.07, 6.45) is 9.24. The van der Waals surface area contributed by atoms with Crippen LogP contribution in [0.4, 0.5) is 5.69 Å². The number of anilines is 1. The largest absolute Gasteiger partial charge is 0.463 e. The average Bonchev–Trinajstić information content (AvgIpc) is 2.92. The summed E-state index contributed by atoms with van der Waals surface area (Å²) in [5, 5.41) is 0. The fourth-order valence-corrected chi connectivity index (χ4v) is 4.97. The number of rotatable bonds is 13. The molecule has 6 heteroatoms. The quantitative estimate of drug-likeness (QED) is 0.117. The highest BCUT2D eigenvalue weighted by Gasteiger charge is 2.16. The summed E-state index contributed by atoms with van der Waals surface area (Å²) in [5.74, 6) is -0.361. The van der Waals surface area contributed by atoms with Gasteiger partial charge in [0.25, 0.3) is 0 Å². The molecule has 188 valence electrons. The van der Waals surface area contributed by atoms with Crippen molar-refractivity contribution in [1.29, 1.82) is 0 Å². The molecule has 0 aliphatic heterocycles. The van der Waals surface area contributed by atoms with Crippen LogP contribution < -0.4 is 4.90 Å². The number of carbonyl (C=O) groups is 1. The van der Waals surface area contributed by atoms with Crippen LogP contribution in [0.15, 0.2) is 101 Å². The van der Waals surface area contributed by atoms with Crippen LogP contribution in [0.3, 0.4) is 0 Å². The Morgan fingerprint density at radius 2 is 1.36 bits per heavy atom. The second kappa shape index (κ2) is 13.4. The molecule has 0 radical (unpaired) electrons. The molecule has 0 amide bonds. The van der Waals surface area contributed by atoms with Crippen molar-refractivity contribution in [1.82, 2.24) is 0 Å².